The normalized spacial score (nSPS) is 18.0. The van der Waals surface area contributed by atoms with Crippen molar-refractivity contribution in [3.63, 3.8) is 0 Å². The number of rotatable bonds is 5. The number of nitrogens with one attached hydrogen (secondary N) is 2. The molecule has 2 aliphatic rings. The van der Waals surface area contributed by atoms with Crippen LogP contribution >= 0.6 is 0 Å². The van der Waals surface area contributed by atoms with Gasteiger partial charge in [-0.25, -0.2) is 8.42 Å². The largest absolute Gasteiger partial charge is 0.333 e. The summed E-state index contributed by atoms with van der Waals surface area (Å²) in [7, 11) is -3.76. The smallest absolute Gasteiger partial charge is 0.262 e. The van der Waals surface area contributed by atoms with E-state index < -0.39 is 10.0 Å². The lowest BCUT2D eigenvalue weighted by Gasteiger charge is -2.15. The lowest BCUT2D eigenvalue weighted by Crippen LogP contribution is -2.34. The second-order valence-corrected chi connectivity index (χ2v) is 8.42. The van der Waals surface area contributed by atoms with Crippen LogP contribution in [0.3, 0.4) is 0 Å². The zero-order valence-corrected chi connectivity index (χ0v) is 15.9. The number of sulfonamides is 1. The molecule has 0 unspecified atom stereocenters. The Bertz CT molecular complexity index is 851. The van der Waals surface area contributed by atoms with Crippen LogP contribution in [-0.2, 0) is 19.6 Å². The van der Waals surface area contributed by atoms with Crippen molar-refractivity contribution in [2.75, 3.05) is 25.0 Å². The molecule has 0 bridgehead atoms. The van der Waals surface area contributed by atoms with Crippen LogP contribution in [0.4, 0.5) is 5.69 Å². The third-order valence-electron chi connectivity index (χ3n) is 4.56. The van der Waals surface area contributed by atoms with Crippen LogP contribution < -0.4 is 10.0 Å². The maximum Gasteiger partial charge on any atom is 0.262 e. The third kappa shape index (κ3) is 5.29. The maximum absolute atomic E-state index is 12.6. The van der Waals surface area contributed by atoms with E-state index in [1.165, 1.54) is 17.0 Å². The standard InChI is InChI=1S/C18H24N4O4S/c23-17(13-22-11-5-9-18(22)24)20-14-6-4-7-15(12-14)27(25,26)21-16-8-2-1-3-10-19-16/h4,6-7,12H,1-3,5,8-11,13H2,(H,19,21)(H,20,23). The number of nitrogens with zero attached hydrogens (tertiary/aromatic N) is 2. The minimum atomic E-state index is -3.76. The number of aliphatic imine (C=N–C) groups is 1. The van der Waals surface area contributed by atoms with E-state index in [1.807, 2.05) is 0 Å². The molecule has 1 saturated heterocycles. The number of likely N-dealkylation sites (tertiary alicyclic amines) is 1. The van der Waals surface area contributed by atoms with Gasteiger partial charge < -0.3 is 10.2 Å². The van der Waals surface area contributed by atoms with Crippen LogP contribution in [0, 0.1) is 0 Å². The number of hydrogen-bond acceptors (Lipinski definition) is 5. The first-order valence-corrected chi connectivity index (χ1v) is 10.7. The van der Waals surface area contributed by atoms with E-state index in [-0.39, 0.29) is 23.3 Å². The van der Waals surface area contributed by atoms with Crippen LogP contribution in [0.2, 0.25) is 0 Å². The van der Waals surface area contributed by atoms with Gasteiger partial charge in [0, 0.05) is 31.6 Å². The Balaban J connectivity index is 1.66. The average molecular weight is 392 g/mol. The second kappa shape index (κ2) is 8.51. The molecule has 2 heterocycles. The summed E-state index contributed by atoms with van der Waals surface area (Å²) >= 11 is 0. The molecule has 146 valence electrons. The quantitative estimate of drug-likeness (QED) is 0.791. The van der Waals surface area contributed by atoms with Crippen molar-refractivity contribution in [3.05, 3.63) is 24.3 Å². The van der Waals surface area contributed by atoms with E-state index in [9.17, 15) is 18.0 Å². The van der Waals surface area contributed by atoms with Crippen molar-refractivity contribution < 1.29 is 18.0 Å². The molecule has 1 aromatic rings. The molecule has 0 radical (unpaired) electrons. The highest BCUT2D eigenvalue weighted by atomic mass is 32.2. The Morgan fingerprint density at radius 1 is 1.15 bits per heavy atom. The van der Waals surface area contributed by atoms with Gasteiger partial charge in [-0.2, -0.15) is 0 Å². The van der Waals surface area contributed by atoms with E-state index in [1.54, 1.807) is 12.1 Å². The van der Waals surface area contributed by atoms with Crippen LogP contribution in [0.15, 0.2) is 34.2 Å². The van der Waals surface area contributed by atoms with Crippen molar-refractivity contribution in [2.45, 2.75) is 43.4 Å². The van der Waals surface area contributed by atoms with Crippen molar-refractivity contribution in [1.82, 2.24) is 9.62 Å². The highest BCUT2D eigenvalue weighted by Crippen LogP contribution is 2.17. The summed E-state index contributed by atoms with van der Waals surface area (Å²) in [6.45, 7) is 1.18. The predicted octanol–water partition coefficient (Wildman–Crippen LogP) is 1.50. The minimum Gasteiger partial charge on any atom is -0.333 e. The molecule has 2 amide bonds. The van der Waals surface area contributed by atoms with E-state index in [2.05, 4.69) is 15.0 Å². The number of hydrogen-bond donors (Lipinski definition) is 2. The lowest BCUT2D eigenvalue weighted by atomic mass is 10.2. The number of carbonyl (C=O) groups is 2. The van der Waals surface area contributed by atoms with Crippen molar-refractivity contribution in [3.8, 4) is 0 Å². The third-order valence-corrected chi connectivity index (χ3v) is 5.94. The molecule has 0 atom stereocenters. The van der Waals surface area contributed by atoms with Gasteiger partial charge in [0.15, 0.2) is 0 Å². The Kier molecular flexibility index (Phi) is 6.10. The van der Waals surface area contributed by atoms with Gasteiger partial charge in [0.05, 0.1) is 11.4 Å². The van der Waals surface area contributed by atoms with Gasteiger partial charge in [-0.05, 0) is 37.5 Å². The van der Waals surface area contributed by atoms with Crippen LogP contribution in [0.5, 0.6) is 0 Å². The number of amides is 2. The van der Waals surface area contributed by atoms with E-state index >= 15 is 0 Å². The Morgan fingerprint density at radius 2 is 2.00 bits per heavy atom. The highest BCUT2D eigenvalue weighted by Gasteiger charge is 2.23. The number of benzene rings is 1. The van der Waals surface area contributed by atoms with Gasteiger partial charge in [0.25, 0.3) is 10.0 Å². The molecular weight excluding hydrogens is 368 g/mol. The summed E-state index contributed by atoms with van der Waals surface area (Å²) in [6.07, 6.45) is 4.75. The first-order chi connectivity index (χ1) is 12.9. The highest BCUT2D eigenvalue weighted by molar-refractivity contribution is 7.90. The van der Waals surface area contributed by atoms with E-state index in [0.29, 0.717) is 37.5 Å². The number of carbonyl (C=O) groups excluding carboxylic acids is 2. The summed E-state index contributed by atoms with van der Waals surface area (Å²) in [5.41, 5.74) is 0.373. The fraction of sp³-hybridized carbons (Fsp3) is 0.500. The van der Waals surface area contributed by atoms with Gasteiger partial charge in [0.2, 0.25) is 11.8 Å². The zero-order chi connectivity index (χ0) is 19.3. The van der Waals surface area contributed by atoms with Crippen molar-refractivity contribution >= 4 is 33.4 Å². The molecule has 1 fully saturated rings. The van der Waals surface area contributed by atoms with Crippen LogP contribution in [-0.4, -0.2) is 50.6 Å². The molecule has 27 heavy (non-hydrogen) atoms. The van der Waals surface area contributed by atoms with Gasteiger partial charge >= 0.3 is 0 Å². The molecule has 2 aliphatic heterocycles. The molecular formula is C18H24N4O4S. The summed E-state index contributed by atoms with van der Waals surface area (Å²) in [4.78, 5) is 29.6. The van der Waals surface area contributed by atoms with Crippen LogP contribution in [0.25, 0.3) is 0 Å². The molecule has 8 nitrogen and oxygen atoms in total. The van der Waals surface area contributed by atoms with Crippen molar-refractivity contribution in [1.29, 1.82) is 0 Å². The maximum atomic E-state index is 12.6. The summed E-state index contributed by atoms with van der Waals surface area (Å²) in [5.74, 6) is 0.102. The SMILES string of the molecule is O=C(CN1CCCC1=O)Nc1cccc(S(=O)(=O)NC2=NCCCCC2)c1. The molecule has 2 N–H and O–H groups in total. The van der Waals surface area contributed by atoms with E-state index in [4.69, 9.17) is 0 Å². The van der Waals surface area contributed by atoms with Crippen LogP contribution in [0.1, 0.15) is 38.5 Å². The number of amidine groups is 1. The molecule has 1 aromatic carbocycles. The zero-order valence-electron chi connectivity index (χ0n) is 15.1. The lowest BCUT2D eigenvalue weighted by molar-refractivity contribution is -0.131. The monoisotopic (exact) mass is 392 g/mol. The topological polar surface area (TPSA) is 108 Å². The summed E-state index contributed by atoms with van der Waals surface area (Å²) in [5, 5.41) is 2.66. The first-order valence-electron chi connectivity index (χ1n) is 9.18. The Labute approximate surface area is 159 Å². The fourth-order valence-electron chi connectivity index (χ4n) is 3.16. The Hall–Kier alpha value is -2.42. The minimum absolute atomic E-state index is 0.0229. The molecule has 3 rings (SSSR count). The van der Waals surface area contributed by atoms with Gasteiger partial charge in [-0.15, -0.1) is 0 Å². The summed E-state index contributed by atoms with van der Waals surface area (Å²) in [6, 6.07) is 6.06. The first kappa shape index (κ1) is 19.3. The van der Waals surface area contributed by atoms with Gasteiger partial charge in [-0.3, -0.25) is 19.3 Å². The summed E-state index contributed by atoms with van der Waals surface area (Å²) < 4.78 is 27.8. The van der Waals surface area contributed by atoms with Gasteiger partial charge in [0.1, 0.15) is 5.84 Å². The molecule has 0 saturated carbocycles. The molecule has 0 aromatic heterocycles. The average Bonchev–Trinajstić information content (AvgIpc) is 2.86. The molecule has 0 aliphatic carbocycles. The second-order valence-electron chi connectivity index (χ2n) is 6.74. The molecule has 0 spiro atoms. The number of anilines is 1. The fourth-order valence-corrected chi connectivity index (χ4v) is 4.29. The molecule has 9 heteroatoms. The predicted molar refractivity (Wildman–Crippen MR) is 102 cm³/mol. The van der Waals surface area contributed by atoms with Crippen molar-refractivity contribution in [2.24, 2.45) is 4.99 Å². The Morgan fingerprint density at radius 3 is 2.78 bits per heavy atom. The van der Waals surface area contributed by atoms with E-state index in [0.717, 1.165) is 25.7 Å². The van der Waals surface area contributed by atoms with Gasteiger partial charge in [-0.1, -0.05) is 12.5 Å².